The molecule has 0 aromatic carbocycles. The maximum absolute atomic E-state index is 9.01. The van der Waals surface area contributed by atoms with Crippen LogP contribution in [0.1, 0.15) is 19.8 Å². The fourth-order valence-electron chi connectivity index (χ4n) is 1.60. The molecule has 1 aliphatic rings. The Bertz CT molecular complexity index is 204. The molecule has 0 aliphatic heterocycles. The van der Waals surface area contributed by atoms with E-state index in [9.17, 15) is 0 Å². The van der Waals surface area contributed by atoms with E-state index in [4.69, 9.17) is 5.11 Å². The average molecular weight is 181 g/mol. The highest BCUT2D eigenvalue weighted by atomic mass is 16.3. The first-order chi connectivity index (χ1) is 6.26. The van der Waals surface area contributed by atoms with Gasteiger partial charge >= 0.3 is 0 Å². The molecular weight excluding hydrogens is 162 g/mol. The third kappa shape index (κ3) is 3.33. The molecule has 0 radical (unpaired) electrons. The Morgan fingerprint density at radius 1 is 1.69 bits per heavy atom. The van der Waals surface area contributed by atoms with Gasteiger partial charge in [0.15, 0.2) is 0 Å². The molecule has 0 amide bonds. The molecule has 74 valence electrons. The number of likely N-dealkylation sites (N-methyl/N-ethyl adjacent to an activating group) is 1. The van der Waals surface area contributed by atoms with E-state index in [-0.39, 0.29) is 12.6 Å². The van der Waals surface area contributed by atoms with Crippen molar-refractivity contribution in [2.45, 2.75) is 25.8 Å². The summed E-state index contributed by atoms with van der Waals surface area (Å²) >= 11 is 0. The first kappa shape index (κ1) is 10.5. The van der Waals surface area contributed by atoms with Crippen molar-refractivity contribution in [3.8, 4) is 0 Å². The Balaban J connectivity index is 2.47. The zero-order chi connectivity index (χ0) is 9.68. The summed E-state index contributed by atoms with van der Waals surface area (Å²) in [5.74, 6) is 0.649. The Morgan fingerprint density at radius 2 is 2.46 bits per heavy atom. The van der Waals surface area contributed by atoms with Crippen molar-refractivity contribution in [2.75, 3.05) is 13.7 Å². The van der Waals surface area contributed by atoms with Gasteiger partial charge in [-0.05, 0) is 25.8 Å². The molecule has 0 fully saturated rings. The highest BCUT2D eigenvalue weighted by Gasteiger charge is 2.09. The fourth-order valence-corrected chi connectivity index (χ4v) is 1.60. The molecule has 1 rings (SSSR count). The van der Waals surface area contributed by atoms with Gasteiger partial charge in [0, 0.05) is 6.04 Å². The molecule has 0 heterocycles. The Kier molecular flexibility index (Phi) is 4.19. The molecule has 2 atom stereocenters. The van der Waals surface area contributed by atoms with Crippen molar-refractivity contribution < 1.29 is 5.11 Å². The lowest BCUT2D eigenvalue weighted by atomic mass is 9.94. The van der Waals surface area contributed by atoms with Gasteiger partial charge in [-0.25, -0.2) is 0 Å². The first-order valence-electron chi connectivity index (χ1n) is 4.91. The van der Waals surface area contributed by atoms with Gasteiger partial charge in [0.25, 0.3) is 0 Å². The van der Waals surface area contributed by atoms with Crippen LogP contribution in [-0.2, 0) is 0 Å². The smallest absolute Gasteiger partial charge is 0.0587 e. The molecule has 2 N–H and O–H groups in total. The van der Waals surface area contributed by atoms with E-state index in [1.54, 1.807) is 0 Å². The summed E-state index contributed by atoms with van der Waals surface area (Å²) < 4.78 is 0. The normalized spacial score (nSPS) is 24.2. The highest BCUT2D eigenvalue weighted by Crippen LogP contribution is 2.19. The summed E-state index contributed by atoms with van der Waals surface area (Å²) in [5.41, 5.74) is 1.34. The van der Waals surface area contributed by atoms with Crippen molar-refractivity contribution >= 4 is 0 Å². The predicted molar refractivity (Wildman–Crippen MR) is 55.6 cm³/mol. The van der Waals surface area contributed by atoms with E-state index >= 15 is 0 Å². The lowest BCUT2D eigenvalue weighted by Gasteiger charge is -2.17. The lowest BCUT2D eigenvalue weighted by molar-refractivity contribution is 0.248. The molecule has 0 aromatic heterocycles. The second-order valence-electron chi connectivity index (χ2n) is 3.73. The fraction of sp³-hybridized carbons (Fsp3) is 0.636. The summed E-state index contributed by atoms with van der Waals surface area (Å²) in [6.45, 7) is 2.42. The third-order valence-corrected chi connectivity index (χ3v) is 2.45. The second kappa shape index (κ2) is 5.20. The van der Waals surface area contributed by atoms with Crippen LogP contribution in [0.2, 0.25) is 0 Å². The standard InChI is InChI=1S/C11H19NO/c1-9-4-3-5-10(6-9)7-11(8-13)12-2/h3,5-6,9,11-13H,4,7-8H2,1-2H3. The molecule has 0 aromatic rings. The van der Waals surface area contributed by atoms with Crippen LogP contribution in [0.15, 0.2) is 23.8 Å². The van der Waals surface area contributed by atoms with Gasteiger partial charge in [0.1, 0.15) is 0 Å². The lowest BCUT2D eigenvalue weighted by Crippen LogP contribution is -2.29. The van der Waals surface area contributed by atoms with Crippen molar-refractivity contribution in [1.82, 2.24) is 5.32 Å². The van der Waals surface area contributed by atoms with Crippen LogP contribution in [0.25, 0.3) is 0 Å². The van der Waals surface area contributed by atoms with E-state index in [1.165, 1.54) is 5.57 Å². The summed E-state index contributed by atoms with van der Waals surface area (Å²) in [6.07, 6.45) is 8.74. The highest BCUT2D eigenvalue weighted by molar-refractivity contribution is 5.24. The van der Waals surface area contributed by atoms with Crippen LogP contribution in [-0.4, -0.2) is 24.8 Å². The molecule has 2 nitrogen and oxygen atoms in total. The number of rotatable bonds is 4. The number of allylic oxidation sites excluding steroid dienone is 3. The monoisotopic (exact) mass is 181 g/mol. The predicted octanol–water partition coefficient (Wildman–Crippen LogP) is 1.48. The van der Waals surface area contributed by atoms with E-state index in [1.807, 2.05) is 7.05 Å². The summed E-state index contributed by atoms with van der Waals surface area (Å²) in [4.78, 5) is 0. The minimum atomic E-state index is 0.196. The minimum absolute atomic E-state index is 0.196. The van der Waals surface area contributed by atoms with Gasteiger partial charge < -0.3 is 10.4 Å². The topological polar surface area (TPSA) is 32.3 Å². The molecule has 0 saturated heterocycles. The molecule has 13 heavy (non-hydrogen) atoms. The Hall–Kier alpha value is -0.600. The van der Waals surface area contributed by atoms with Gasteiger partial charge in [0.2, 0.25) is 0 Å². The zero-order valence-corrected chi connectivity index (χ0v) is 8.46. The molecule has 1 aliphatic carbocycles. The Labute approximate surface area is 80.3 Å². The van der Waals surface area contributed by atoms with Crippen molar-refractivity contribution in [3.63, 3.8) is 0 Å². The molecule has 2 heteroatoms. The van der Waals surface area contributed by atoms with Crippen molar-refractivity contribution in [2.24, 2.45) is 5.92 Å². The number of aliphatic hydroxyl groups excluding tert-OH is 1. The molecule has 0 bridgehead atoms. The van der Waals surface area contributed by atoms with Gasteiger partial charge in [-0.15, -0.1) is 0 Å². The second-order valence-corrected chi connectivity index (χ2v) is 3.73. The van der Waals surface area contributed by atoms with Crippen LogP contribution >= 0.6 is 0 Å². The summed E-state index contributed by atoms with van der Waals surface area (Å²) in [5, 5.41) is 12.1. The zero-order valence-electron chi connectivity index (χ0n) is 8.46. The summed E-state index contributed by atoms with van der Waals surface area (Å²) in [6, 6.07) is 0.196. The quantitative estimate of drug-likeness (QED) is 0.688. The SMILES string of the molecule is CNC(CO)CC1=CC(C)CC=C1. The van der Waals surface area contributed by atoms with E-state index < -0.39 is 0 Å². The van der Waals surface area contributed by atoms with Gasteiger partial charge in [-0.3, -0.25) is 0 Å². The van der Waals surface area contributed by atoms with E-state index in [2.05, 4.69) is 30.5 Å². The number of hydrogen-bond donors (Lipinski definition) is 2. The number of aliphatic hydroxyl groups is 1. The maximum atomic E-state index is 9.01. The number of nitrogens with one attached hydrogen (secondary N) is 1. The minimum Gasteiger partial charge on any atom is -0.395 e. The molecular formula is C11H19NO. The van der Waals surface area contributed by atoms with Gasteiger partial charge in [-0.2, -0.15) is 0 Å². The third-order valence-electron chi connectivity index (χ3n) is 2.45. The van der Waals surface area contributed by atoms with Gasteiger partial charge in [-0.1, -0.05) is 30.7 Å². The van der Waals surface area contributed by atoms with Crippen LogP contribution in [0, 0.1) is 5.92 Å². The number of hydrogen-bond acceptors (Lipinski definition) is 2. The molecule has 0 saturated carbocycles. The largest absolute Gasteiger partial charge is 0.395 e. The van der Waals surface area contributed by atoms with Crippen molar-refractivity contribution in [3.05, 3.63) is 23.8 Å². The summed E-state index contributed by atoms with van der Waals surface area (Å²) in [7, 11) is 1.89. The van der Waals surface area contributed by atoms with Gasteiger partial charge in [0.05, 0.1) is 6.61 Å². The van der Waals surface area contributed by atoms with E-state index in [0.29, 0.717) is 5.92 Å². The Morgan fingerprint density at radius 3 is 3.00 bits per heavy atom. The molecule has 0 spiro atoms. The van der Waals surface area contributed by atoms with Crippen LogP contribution in [0.3, 0.4) is 0 Å². The molecule has 2 unspecified atom stereocenters. The van der Waals surface area contributed by atoms with Crippen LogP contribution in [0.4, 0.5) is 0 Å². The average Bonchev–Trinajstić information content (AvgIpc) is 2.14. The van der Waals surface area contributed by atoms with Crippen LogP contribution < -0.4 is 5.32 Å². The van der Waals surface area contributed by atoms with Crippen molar-refractivity contribution in [1.29, 1.82) is 0 Å². The van der Waals surface area contributed by atoms with Crippen LogP contribution in [0.5, 0.6) is 0 Å². The first-order valence-corrected chi connectivity index (χ1v) is 4.91. The maximum Gasteiger partial charge on any atom is 0.0587 e. The van der Waals surface area contributed by atoms with E-state index in [0.717, 1.165) is 12.8 Å².